The predicted molar refractivity (Wildman–Crippen MR) is 125 cm³/mol. The Morgan fingerprint density at radius 3 is 2.56 bits per heavy atom. The number of aryl methyl sites for hydroxylation is 1. The first-order chi connectivity index (χ1) is 15.4. The number of morpholine rings is 1. The maximum Gasteiger partial charge on any atom is 0.352 e. The van der Waals surface area contributed by atoms with Gasteiger partial charge in [0.1, 0.15) is 16.9 Å². The van der Waals surface area contributed by atoms with Crippen molar-refractivity contribution in [2.24, 2.45) is 0 Å². The molecule has 32 heavy (non-hydrogen) atoms. The fourth-order valence-electron chi connectivity index (χ4n) is 4.57. The van der Waals surface area contributed by atoms with Crippen molar-refractivity contribution in [3.05, 3.63) is 57.1 Å². The molecule has 0 aliphatic carbocycles. The number of fused-ring (bicyclic) bond motifs is 3. The molecule has 2 unspecified atom stereocenters. The van der Waals surface area contributed by atoms with Gasteiger partial charge < -0.3 is 9.47 Å². The maximum absolute atomic E-state index is 13.3. The van der Waals surface area contributed by atoms with Crippen LogP contribution in [0.5, 0.6) is 5.75 Å². The fourth-order valence-corrected chi connectivity index (χ4v) is 5.91. The Morgan fingerprint density at radius 1 is 1.16 bits per heavy atom. The largest absolute Gasteiger partial charge is 0.497 e. The zero-order valence-corrected chi connectivity index (χ0v) is 19.6. The molecule has 1 aliphatic rings. The molecule has 1 fully saturated rings. The summed E-state index contributed by atoms with van der Waals surface area (Å²) in [6.45, 7) is 9.45. The van der Waals surface area contributed by atoms with E-state index in [0.29, 0.717) is 12.2 Å². The van der Waals surface area contributed by atoms with Gasteiger partial charge in [0.05, 0.1) is 31.2 Å². The van der Waals surface area contributed by atoms with E-state index in [4.69, 9.17) is 9.47 Å². The molecular formula is C23H27N5O3S. The summed E-state index contributed by atoms with van der Waals surface area (Å²) in [7, 11) is 1.65. The first-order valence-electron chi connectivity index (χ1n) is 10.8. The summed E-state index contributed by atoms with van der Waals surface area (Å²) in [4.78, 5) is 22.3. The number of benzene rings is 1. The Kier molecular flexibility index (Phi) is 5.48. The lowest BCUT2D eigenvalue weighted by Crippen LogP contribution is -2.44. The third kappa shape index (κ3) is 3.70. The second-order valence-electron chi connectivity index (χ2n) is 8.49. The number of methoxy groups -OCH3 is 1. The molecule has 0 bridgehead atoms. The smallest absolute Gasteiger partial charge is 0.352 e. The Hall–Kier alpha value is -2.75. The van der Waals surface area contributed by atoms with Crippen LogP contribution in [0, 0.1) is 6.92 Å². The molecule has 0 N–H and O–H groups in total. The number of thiophene rings is 1. The van der Waals surface area contributed by atoms with Crippen LogP contribution in [-0.2, 0) is 17.8 Å². The van der Waals surface area contributed by atoms with Crippen LogP contribution in [0.2, 0.25) is 0 Å². The molecule has 4 aromatic rings. The standard InChI is InChI=1S/C23H27N5O3S/c1-14-9-26(10-15(2)31-14)12-19-16(3)20-21-24-13-25-28(21)23(29)27(22(20)32-19)11-17-5-7-18(30-4)8-6-17/h5-8,13-15H,9-12H2,1-4H3. The van der Waals surface area contributed by atoms with E-state index in [1.165, 1.54) is 21.3 Å². The summed E-state index contributed by atoms with van der Waals surface area (Å²) in [5.41, 5.74) is 2.64. The van der Waals surface area contributed by atoms with Crippen molar-refractivity contribution in [3.63, 3.8) is 0 Å². The van der Waals surface area contributed by atoms with E-state index in [1.807, 2.05) is 28.8 Å². The van der Waals surface area contributed by atoms with E-state index in [-0.39, 0.29) is 17.9 Å². The molecule has 5 rings (SSSR count). The fraction of sp³-hybridized carbons (Fsp3) is 0.435. The van der Waals surface area contributed by atoms with Crippen molar-refractivity contribution in [2.75, 3.05) is 20.2 Å². The Bertz CT molecular complexity index is 1310. The van der Waals surface area contributed by atoms with Gasteiger partial charge in [0.15, 0.2) is 5.65 Å². The molecule has 1 aromatic carbocycles. The van der Waals surface area contributed by atoms with Gasteiger partial charge in [0.25, 0.3) is 0 Å². The molecule has 0 saturated carbocycles. The third-order valence-electron chi connectivity index (χ3n) is 6.02. The van der Waals surface area contributed by atoms with E-state index >= 15 is 0 Å². The highest BCUT2D eigenvalue weighted by molar-refractivity contribution is 7.19. The number of rotatable bonds is 5. The van der Waals surface area contributed by atoms with Crippen LogP contribution in [0.1, 0.15) is 29.9 Å². The Balaban J connectivity index is 1.60. The van der Waals surface area contributed by atoms with Gasteiger partial charge >= 0.3 is 5.69 Å². The minimum Gasteiger partial charge on any atom is -0.497 e. The molecule has 4 heterocycles. The molecular weight excluding hydrogens is 426 g/mol. The number of hydrogen-bond donors (Lipinski definition) is 0. The van der Waals surface area contributed by atoms with Crippen LogP contribution in [0.4, 0.5) is 0 Å². The van der Waals surface area contributed by atoms with Gasteiger partial charge in [-0.3, -0.25) is 9.47 Å². The van der Waals surface area contributed by atoms with Crippen LogP contribution in [0.15, 0.2) is 35.4 Å². The molecule has 9 heteroatoms. The quantitative estimate of drug-likeness (QED) is 0.462. The van der Waals surface area contributed by atoms with E-state index < -0.39 is 0 Å². The highest BCUT2D eigenvalue weighted by Crippen LogP contribution is 2.34. The molecule has 8 nitrogen and oxygen atoms in total. The number of ether oxygens (including phenoxy) is 2. The first kappa shape index (κ1) is 21.1. The van der Waals surface area contributed by atoms with Crippen molar-refractivity contribution >= 4 is 27.2 Å². The summed E-state index contributed by atoms with van der Waals surface area (Å²) in [5.74, 6) is 0.793. The summed E-state index contributed by atoms with van der Waals surface area (Å²) in [5, 5.41) is 5.22. The molecule has 1 saturated heterocycles. The molecule has 2 atom stereocenters. The van der Waals surface area contributed by atoms with Gasteiger partial charge in [-0.25, -0.2) is 9.78 Å². The number of aromatic nitrogens is 4. The SMILES string of the molecule is COc1ccc(Cn2c(=O)n3ncnc3c3c(C)c(CN4CC(C)OC(C)C4)sc32)cc1. The van der Waals surface area contributed by atoms with Gasteiger partial charge in [-0.1, -0.05) is 12.1 Å². The molecule has 0 radical (unpaired) electrons. The normalized spacial score (nSPS) is 19.8. The van der Waals surface area contributed by atoms with Crippen LogP contribution < -0.4 is 10.4 Å². The zero-order valence-electron chi connectivity index (χ0n) is 18.7. The summed E-state index contributed by atoms with van der Waals surface area (Å²) in [6.07, 6.45) is 1.88. The molecule has 0 spiro atoms. The van der Waals surface area contributed by atoms with E-state index in [1.54, 1.807) is 18.4 Å². The number of nitrogens with zero attached hydrogens (tertiary/aromatic N) is 5. The molecule has 0 amide bonds. The maximum atomic E-state index is 13.3. The van der Waals surface area contributed by atoms with Crippen molar-refractivity contribution in [3.8, 4) is 5.75 Å². The second-order valence-corrected chi connectivity index (χ2v) is 9.58. The van der Waals surface area contributed by atoms with E-state index in [9.17, 15) is 4.79 Å². The average Bonchev–Trinajstić information content (AvgIpc) is 3.36. The third-order valence-corrected chi connectivity index (χ3v) is 7.32. The van der Waals surface area contributed by atoms with Crippen LogP contribution in [0.3, 0.4) is 0 Å². The minimum absolute atomic E-state index is 0.178. The lowest BCUT2D eigenvalue weighted by Gasteiger charge is -2.35. The number of hydrogen-bond acceptors (Lipinski definition) is 7. The average molecular weight is 454 g/mol. The lowest BCUT2D eigenvalue weighted by atomic mass is 10.1. The van der Waals surface area contributed by atoms with Gasteiger partial charge in [-0.05, 0) is 44.0 Å². The highest BCUT2D eigenvalue weighted by Gasteiger charge is 2.25. The van der Waals surface area contributed by atoms with Crippen LogP contribution >= 0.6 is 11.3 Å². The van der Waals surface area contributed by atoms with Gasteiger partial charge in [-0.2, -0.15) is 9.61 Å². The van der Waals surface area contributed by atoms with Crippen molar-refractivity contribution in [2.45, 2.75) is 46.1 Å². The summed E-state index contributed by atoms with van der Waals surface area (Å²) in [6, 6.07) is 7.80. The Morgan fingerprint density at radius 2 is 1.88 bits per heavy atom. The van der Waals surface area contributed by atoms with Gasteiger partial charge in [0.2, 0.25) is 0 Å². The van der Waals surface area contributed by atoms with E-state index in [0.717, 1.165) is 41.2 Å². The first-order valence-corrected chi connectivity index (χ1v) is 11.6. The van der Waals surface area contributed by atoms with Crippen LogP contribution in [0.25, 0.3) is 15.9 Å². The summed E-state index contributed by atoms with van der Waals surface area (Å²) >= 11 is 1.68. The monoisotopic (exact) mass is 453 g/mol. The van der Waals surface area contributed by atoms with Gasteiger partial charge in [0, 0.05) is 24.5 Å². The Labute approximate surface area is 190 Å². The predicted octanol–water partition coefficient (Wildman–Crippen LogP) is 3.08. The summed E-state index contributed by atoms with van der Waals surface area (Å²) < 4.78 is 14.4. The topological polar surface area (TPSA) is 73.9 Å². The zero-order chi connectivity index (χ0) is 22.4. The van der Waals surface area contributed by atoms with Crippen molar-refractivity contribution in [1.82, 2.24) is 24.1 Å². The highest BCUT2D eigenvalue weighted by atomic mass is 32.1. The molecule has 1 aliphatic heterocycles. The molecule has 3 aromatic heterocycles. The van der Waals surface area contributed by atoms with Crippen molar-refractivity contribution in [1.29, 1.82) is 0 Å². The van der Waals surface area contributed by atoms with Gasteiger partial charge in [-0.15, -0.1) is 11.3 Å². The van der Waals surface area contributed by atoms with Crippen LogP contribution in [-0.4, -0.2) is 56.5 Å². The van der Waals surface area contributed by atoms with E-state index in [2.05, 4.69) is 35.8 Å². The molecule has 168 valence electrons. The van der Waals surface area contributed by atoms with Crippen molar-refractivity contribution < 1.29 is 9.47 Å². The lowest BCUT2D eigenvalue weighted by molar-refractivity contribution is -0.0702. The minimum atomic E-state index is -0.178. The second kappa shape index (κ2) is 8.31.